The van der Waals surface area contributed by atoms with Crippen LogP contribution in [0, 0.1) is 5.41 Å². The molecule has 1 aromatic heterocycles. The standard InChI is InChI=1S/C22H28N4O4/c27-20(13-19-17-3-1-2-4-18(17)23-24-19)26-7-5-22(6-8-26)14-16(30-21(22)28)15-25-9-11-29-12-10-25/h1-4,16H,5-15H2,(H,23,24). The molecule has 4 heterocycles. The first-order valence-electron chi connectivity index (χ1n) is 10.8. The van der Waals surface area contributed by atoms with Gasteiger partial charge >= 0.3 is 5.97 Å². The molecule has 1 aromatic carbocycles. The number of H-pyrrole nitrogens is 1. The number of esters is 1. The van der Waals surface area contributed by atoms with E-state index in [9.17, 15) is 9.59 Å². The van der Waals surface area contributed by atoms with Crippen molar-refractivity contribution in [3.05, 3.63) is 30.0 Å². The lowest BCUT2D eigenvalue weighted by Gasteiger charge is -2.36. The van der Waals surface area contributed by atoms with Crippen molar-refractivity contribution in [1.82, 2.24) is 20.0 Å². The van der Waals surface area contributed by atoms with Crippen LogP contribution < -0.4 is 0 Å². The smallest absolute Gasteiger partial charge is 0.312 e. The van der Waals surface area contributed by atoms with Crippen molar-refractivity contribution in [2.24, 2.45) is 5.41 Å². The van der Waals surface area contributed by atoms with Crippen LogP contribution in [-0.4, -0.2) is 83.9 Å². The number of nitrogens with zero attached hydrogens (tertiary/aromatic N) is 3. The van der Waals surface area contributed by atoms with Gasteiger partial charge in [0.05, 0.1) is 36.3 Å². The number of hydrogen-bond donors (Lipinski definition) is 1. The Kier molecular flexibility index (Phi) is 5.20. The number of rotatable bonds is 4. The maximum absolute atomic E-state index is 12.9. The Balaban J connectivity index is 1.17. The van der Waals surface area contributed by atoms with E-state index < -0.39 is 5.41 Å². The van der Waals surface area contributed by atoms with E-state index in [0.717, 1.165) is 55.9 Å². The second-order valence-corrected chi connectivity index (χ2v) is 8.70. The molecule has 1 atom stereocenters. The molecule has 0 bridgehead atoms. The van der Waals surface area contributed by atoms with E-state index in [0.29, 0.717) is 32.4 Å². The molecule has 3 aliphatic heterocycles. The number of carbonyl (C=O) groups is 2. The summed E-state index contributed by atoms with van der Waals surface area (Å²) in [6, 6.07) is 7.81. The van der Waals surface area contributed by atoms with Gasteiger partial charge in [-0.3, -0.25) is 19.6 Å². The van der Waals surface area contributed by atoms with Crippen LogP contribution in [-0.2, 0) is 25.5 Å². The van der Waals surface area contributed by atoms with Gasteiger partial charge in [0.15, 0.2) is 0 Å². The number of hydrogen-bond acceptors (Lipinski definition) is 6. The lowest BCUT2D eigenvalue weighted by molar-refractivity contribution is -0.153. The number of likely N-dealkylation sites (tertiary alicyclic amines) is 1. The zero-order valence-corrected chi connectivity index (χ0v) is 17.1. The van der Waals surface area contributed by atoms with Crippen LogP contribution in [0.3, 0.4) is 0 Å². The van der Waals surface area contributed by atoms with Gasteiger partial charge in [-0.2, -0.15) is 5.10 Å². The molecule has 8 nitrogen and oxygen atoms in total. The largest absolute Gasteiger partial charge is 0.461 e. The van der Waals surface area contributed by atoms with Gasteiger partial charge in [-0.1, -0.05) is 18.2 Å². The predicted molar refractivity (Wildman–Crippen MR) is 110 cm³/mol. The molecule has 8 heteroatoms. The number of carbonyl (C=O) groups excluding carboxylic acids is 2. The van der Waals surface area contributed by atoms with Crippen LogP contribution in [0.1, 0.15) is 25.0 Å². The Morgan fingerprint density at radius 3 is 2.73 bits per heavy atom. The Bertz CT molecular complexity index is 928. The minimum absolute atomic E-state index is 0.0470. The van der Waals surface area contributed by atoms with Crippen LogP contribution in [0.4, 0.5) is 0 Å². The van der Waals surface area contributed by atoms with Gasteiger partial charge < -0.3 is 14.4 Å². The number of aromatic amines is 1. The average molecular weight is 412 g/mol. The molecule has 3 saturated heterocycles. The second-order valence-electron chi connectivity index (χ2n) is 8.70. The van der Waals surface area contributed by atoms with Gasteiger partial charge in [-0.15, -0.1) is 0 Å². The van der Waals surface area contributed by atoms with Crippen molar-refractivity contribution in [1.29, 1.82) is 0 Å². The fraction of sp³-hybridized carbons (Fsp3) is 0.591. The second kappa shape index (κ2) is 8.00. The number of morpholine rings is 1. The van der Waals surface area contributed by atoms with Gasteiger partial charge in [-0.25, -0.2) is 0 Å². The highest BCUT2D eigenvalue weighted by Gasteiger charge is 2.51. The summed E-state index contributed by atoms with van der Waals surface area (Å²) in [7, 11) is 0. The van der Waals surface area contributed by atoms with Crippen molar-refractivity contribution < 1.29 is 19.1 Å². The summed E-state index contributed by atoms with van der Waals surface area (Å²) in [5.41, 5.74) is 1.30. The first kappa shape index (κ1) is 19.5. The van der Waals surface area contributed by atoms with Gasteiger partial charge in [0, 0.05) is 44.5 Å². The first-order valence-corrected chi connectivity index (χ1v) is 10.8. The molecule has 0 aliphatic carbocycles. The highest BCUT2D eigenvalue weighted by Crippen LogP contribution is 2.43. The molecule has 1 spiro atoms. The van der Waals surface area contributed by atoms with Crippen molar-refractivity contribution in [3.8, 4) is 0 Å². The minimum Gasteiger partial charge on any atom is -0.461 e. The number of fused-ring (bicyclic) bond motifs is 1. The van der Waals surface area contributed by atoms with Crippen LogP contribution in [0.5, 0.6) is 0 Å². The third kappa shape index (κ3) is 3.70. The maximum atomic E-state index is 12.9. The molecule has 0 saturated carbocycles. The normalized spacial score (nSPS) is 24.5. The number of nitrogens with one attached hydrogen (secondary N) is 1. The Morgan fingerprint density at radius 2 is 1.93 bits per heavy atom. The third-order valence-corrected chi connectivity index (χ3v) is 6.83. The molecular formula is C22H28N4O4. The molecule has 1 amide bonds. The van der Waals surface area contributed by atoms with Crippen molar-refractivity contribution in [2.75, 3.05) is 45.9 Å². The zero-order chi connectivity index (χ0) is 20.6. The Morgan fingerprint density at radius 1 is 1.17 bits per heavy atom. The summed E-state index contributed by atoms with van der Waals surface area (Å²) in [5, 5.41) is 8.26. The van der Waals surface area contributed by atoms with Crippen LogP contribution in [0.2, 0.25) is 0 Å². The Hall–Kier alpha value is -2.45. The van der Waals surface area contributed by atoms with Crippen molar-refractivity contribution >= 4 is 22.8 Å². The van der Waals surface area contributed by atoms with Gasteiger partial charge in [0.2, 0.25) is 5.91 Å². The third-order valence-electron chi connectivity index (χ3n) is 6.83. The van der Waals surface area contributed by atoms with E-state index >= 15 is 0 Å². The molecule has 1 N–H and O–H groups in total. The van der Waals surface area contributed by atoms with E-state index in [1.807, 2.05) is 29.2 Å². The SMILES string of the molecule is O=C(Cc1[nH]nc2ccccc12)N1CCC2(CC1)CC(CN1CCOCC1)OC2=O. The highest BCUT2D eigenvalue weighted by atomic mass is 16.6. The van der Waals surface area contributed by atoms with E-state index in [1.54, 1.807) is 0 Å². The minimum atomic E-state index is -0.422. The fourth-order valence-corrected chi connectivity index (χ4v) is 5.02. The van der Waals surface area contributed by atoms with Gasteiger partial charge in [-0.05, 0) is 18.9 Å². The number of aromatic nitrogens is 2. The lowest BCUT2D eigenvalue weighted by Crippen LogP contribution is -2.45. The molecule has 5 rings (SSSR count). The molecule has 0 radical (unpaired) electrons. The first-order chi connectivity index (χ1) is 14.6. The molecule has 30 heavy (non-hydrogen) atoms. The molecule has 2 aromatic rings. The average Bonchev–Trinajstić information content (AvgIpc) is 3.30. The quantitative estimate of drug-likeness (QED) is 0.763. The van der Waals surface area contributed by atoms with Gasteiger partial charge in [0.1, 0.15) is 6.10 Å². The monoisotopic (exact) mass is 412 g/mol. The molecule has 1 unspecified atom stereocenters. The summed E-state index contributed by atoms with van der Waals surface area (Å²) in [6.45, 7) is 5.27. The number of benzene rings is 1. The van der Waals surface area contributed by atoms with E-state index in [4.69, 9.17) is 9.47 Å². The summed E-state index contributed by atoms with van der Waals surface area (Å²) < 4.78 is 11.1. The lowest BCUT2D eigenvalue weighted by atomic mass is 9.76. The van der Waals surface area contributed by atoms with Gasteiger partial charge in [0.25, 0.3) is 0 Å². The van der Waals surface area contributed by atoms with Crippen molar-refractivity contribution in [2.45, 2.75) is 31.8 Å². The number of cyclic esters (lactones) is 1. The predicted octanol–water partition coefficient (Wildman–Crippen LogP) is 1.36. The fourth-order valence-electron chi connectivity index (χ4n) is 5.02. The van der Waals surface area contributed by atoms with E-state index in [1.165, 1.54) is 0 Å². The number of amides is 1. The summed E-state index contributed by atoms with van der Waals surface area (Å²) in [4.78, 5) is 29.8. The maximum Gasteiger partial charge on any atom is 0.312 e. The topological polar surface area (TPSA) is 87.8 Å². The number of piperidine rings is 1. The number of para-hydroxylation sites is 1. The molecule has 160 valence electrons. The highest BCUT2D eigenvalue weighted by molar-refractivity contribution is 5.87. The molecule has 3 fully saturated rings. The molecular weight excluding hydrogens is 384 g/mol. The summed E-state index contributed by atoms with van der Waals surface area (Å²) >= 11 is 0. The Labute approximate surface area is 175 Å². The van der Waals surface area contributed by atoms with Crippen LogP contribution >= 0.6 is 0 Å². The molecule has 3 aliphatic rings. The van der Waals surface area contributed by atoms with E-state index in [2.05, 4.69) is 15.1 Å². The summed E-state index contributed by atoms with van der Waals surface area (Å²) in [6.07, 6.45) is 2.38. The van der Waals surface area contributed by atoms with Crippen LogP contribution in [0.15, 0.2) is 24.3 Å². The number of ether oxygens (including phenoxy) is 2. The summed E-state index contributed by atoms with van der Waals surface area (Å²) in [5.74, 6) is 0.00269. The zero-order valence-electron chi connectivity index (χ0n) is 17.1. The van der Waals surface area contributed by atoms with Crippen LogP contribution in [0.25, 0.3) is 10.9 Å². The van der Waals surface area contributed by atoms with E-state index in [-0.39, 0.29) is 18.0 Å². The van der Waals surface area contributed by atoms with Crippen molar-refractivity contribution in [3.63, 3.8) is 0 Å².